The zero-order chi connectivity index (χ0) is 11.4. The van der Waals surface area contributed by atoms with Crippen LogP contribution < -0.4 is 0 Å². The Balaban J connectivity index is 2.25. The molecule has 0 atom stereocenters. The van der Waals surface area contributed by atoms with Crippen LogP contribution in [0.25, 0.3) is 0 Å². The molecule has 0 amide bonds. The molecule has 0 spiro atoms. The summed E-state index contributed by atoms with van der Waals surface area (Å²) in [6, 6.07) is 9.46. The average molecular weight is 232 g/mol. The molecule has 0 saturated heterocycles. The van der Waals surface area contributed by atoms with Gasteiger partial charge in [0.2, 0.25) is 0 Å². The lowest BCUT2D eigenvalue weighted by Crippen LogP contribution is -1.79. The van der Waals surface area contributed by atoms with Crippen molar-refractivity contribution in [2.24, 2.45) is 0 Å². The van der Waals surface area contributed by atoms with Crippen molar-refractivity contribution in [1.82, 2.24) is 4.98 Å². The second-order valence-corrected chi connectivity index (χ2v) is 3.51. The molecule has 0 bridgehead atoms. The number of hydrogen-bond acceptors (Lipinski definition) is 1. The normalized spacial score (nSPS) is 9.38. The fraction of sp³-hybridized carbons (Fsp3) is 0. The summed E-state index contributed by atoms with van der Waals surface area (Å²) in [5.74, 6) is 5.57. The average Bonchev–Trinajstić information content (AvgIpc) is 2.28. The molecular weight excluding hydrogens is 225 g/mol. The monoisotopic (exact) mass is 231 g/mol. The van der Waals surface area contributed by atoms with Gasteiger partial charge in [-0.25, -0.2) is 9.37 Å². The SMILES string of the molecule is Fc1ccc(C#Cc2ccnc(Cl)c2)cc1. The summed E-state index contributed by atoms with van der Waals surface area (Å²) in [7, 11) is 0. The van der Waals surface area contributed by atoms with Gasteiger partial charge in [-0.1, -0.05) is 23.4 Å². The summed E-state index contributed by atoms with van der Waals surface area (Å²) in [6.07, 6.45) is 1.59. The zero-order valence-corrected chi connectivity index (χ0v) is 9.00. The van der Waals surface area contributed by atoms with Gasteiger partial charge in [-0.15, -0.1) is 0 Å². The van der Waals surface area contributed by atoms with Crippen molar-refractivity contribution in [2.45, 2.75) is 0 Å². The summed E-state index contributed by atoms with van der Waals surface area (Å²) < 4.78 is 12.6. The van der Waals surface area contributed by atoms with Crippen molar-refractivity contribution in [3.8, 4) is 11.8 Å². The molecule has 2 rings (SSSR count). The van der Waals surface area contributed by atoms with Crippen LogP contribution in [0.5, 0.6) is 0 Å². The zero-order valence-electron chi connectivity index (χ0n) is 8.24. The maximum Gasteiger partial charge on any atom is 0.130 e. The number of hydrogen-bond donors (Lipinski definition) is 0. The third-order valence-corrected chi connectivity index (χ3v) is 2.13. The third kappa shape index (κ3) is 2.82. The predicted molar refractivity (Wildman–Crippen MR) is 61.6 cm³/mol. The van der Waals surface area contributed by atoms with Gasteiger partial charge in [-0.05, 0) is 36.4 Å². The van der Waals surface area contributed by atoms with Crippen LogP contribution in [-0.2, 0) is 0 Å². The second kappa shape index (κ2) is 4.78. The molecule has 2 aromatic rings. The van der Waals surface area contributed by atoms with E-state index in [1.54, 1.807) is 30.5 Å². The summed E-state index contributed by atoms with van der Waals surface area (Å²) in [4.78, 5) is 3.85. The van der Waals surface area contributed by atoms with Crippen molar-refractivity contribution >= 4 is 11.6 Å². The van der Waals surface area contributed by atoms with Gasteiger partial charge in [0.15, 0.2) is 0 Å². The molecule has 0 aliphatic heterocycles. The van der Waals surface area contributed by atoms with Crippen molar-refractivity contribution in [1.29, 1.82) is 0 Å². The van der Waals surface area contributed by atoms with Crippen molar-refractivity contribution in [3.63, 3.8) is 0 Å². The van der Waals surface area contributed by atoms with E-state index in [9.17, 15) is 4.39 Å². The number of nitrogens with zero attached hydrogens (tertiary/aromatic N) is 1. The highest BCUT2D eigenvalue weighted by molar-refractivity contribution is 6.29. The highest BCUT2D eigenvalue weighted by Gasteiger charge is 1.91. The molecule has 0 N–H and O–H groups in total. The molecule has 1 aromatic carbocycles. The van der Waals surface area contributed by atoms with E-state index in [0.29, 0.717) is 5.15 Å². The summed E-state index contributed by atoms with van der Waals surface area (Å²) >= 11 is 5.72. The Morgan fingerprint density at radius 2 is 1.69 bits per heavy atom. The smallest absolute Gasteiger partial charge is 0.130 e. The predicted octanol–water partition coefficient (Wildman–Crippen LogP) is 3.27. The van der Waals surface area contributed by atoms with Crippen LogP contribution in [0.4, 0.5) is 4.39 Å². The van der Waals surface area contributed by atoms with E-state index in [4.69, 9.17) is 11.6 Å². The molecule has 1 heterocycles. The van der Waals surface area contributed by atoms with Crippen molar-refractivity contribution in [3.05, 3.63) is 64.7 Å². The van der Waals surface area contributed by atoms with Crippen LogP contribution >= 0.6 is 11.6 Å². The Bertz CT molecular complexity index is 552. The van der Waals surface area contributed by atoms with Gasteiger partial charge >= 0.3 is 0 Å². The molecule has 16 heavy (non-hydrogen) atoms. The highest BCUT2D eigenvalue weighted by atomic mass is 35.5. The van der Waals surface area contributed by atoms with Crippen LogP contribution in [0.2, 0.25) is 5.15 Å². The molecular formula is C13H7ClFN. The molecule has 0 unspecified atom stereocenters. The Hall–Kier alpha value is -1.85. The van der Waals surface area contributed by atoms with Gasteiger partial charge in [0.1, 0.15) is 11.0 Å². The Morgan fingerprint density at radius 3 is 2.38 bits per heavy atom. The lowest BCUT2D eigenvalue weighted by atomic mass is 10.2. The van der Waals surface area contributed by atoms with Gasteiger partial charge in [-0.3, -0.25) is 0 Å². The minimum absolute atomic E-state index is 0.266. The molecule has 3 heteroatoms. The molecule has 78 valence electrons. The maximum absolute atomic E-state index is 12.6. The standard InChI is InChI=1S/C13H7ClFN/c14-13-9-11(7-8-16-13)2-1-10-3-5-12(15)6-4-10/h3-9H. The maximum atomic E-state index is 12.6. The highest BCUT2D eigenvalue weighted by Crippen LogP contribution is 2.06. The fourth-order valence-electron chi connectivity index (χ4n) is 1.16. The number of halogens is 2. The van der Waals surface area contributed by atoms with Gasteiger partial charge in [0.25, 0.3) is 0 Å². The number of pyridine rings is 1. The van der Waals surface area contributed by atoms with Gasteiger partial charge < -0.3 is 0 Å². The first-order valence-corrected chi connectivity index (χ1v) is 5.01. The number of rotatable bonds is 0. The molecule has 1 nitrogen and oxygen atoms in total. The van der Waals surface area contributed by atoms with Crippen LogP contribution in [-0.4, -0.2) is 4.98 Å². The molecule has 0 aliphatic rings. The van der Waals surface area contributed by atoms with E-state index in [2.05, 4.69) is 16.8 Å². The van der Waals surface area contributed by atoms with Crippen LogP contribution in [0.1, 0.15) is 11.1 Å². The van der Waals surface area contributed by atoms with Gasteiger partial charge in [0.05, 0.1) is 0 Å². The van der Waals surface area contributed by atoms with Crippen molar-refractivity contribution < 1.29 is 4.39 Å². The van der Waals surface area contributed by atoms with E-state index in [1.807, 2.05) is 0 Å². The molecule has 0 aliphatic carbocycles. The van der Waals surface area contributed by atoms with Crippen LogP contribution in [0.3, 0.4) is 0 Å². The lowest BCUT2D eigenvalue weighted by molar-refractivity contribution is 0.627. The first-order valence-electron chi connectivity index (χ1n) is 4.63. The lowest BCUT2D eigenvalue weighted by Gasteiger charge is -1.91. The van der Waals surface area contributed by atoms with Crippen LogP contribution in [0, 0.1) is 17.7 Å². The van der Waals surface area contributed by atoms with Gasteiger partial charge in [-0.2, -0.15) is 0 Å². The molecule has 1 aromatic heterocycles. The van der Waals surface area contributed by atoms with E-state index >= 15 is 0 Å². The summed E-state index contributed by atoms with van der Waals surface area (Å²) in [6.45, 7) is 0. The minimum Gasteiger partial charge on any atom is -0.244 e. The van der Waals surface area contributed by atoms with E-state index < -0.39 is 0 Å². The fourth-order valence-corrected chi connectivity index (χ4v) is 1.33. The Morgan fingerprint density at radius 1 is 1.00 bits per heavy atom. The first kappa shape index (κ1) is 10.7. The Labute approximate surface area is 97.9 Å². The summed E-state index contributed by atoms with van der Waals surface area (Å²) in [5, 5.41) is 0.408. The Kier molecular flexibility index (Phi) is 3.19. The van der Waals surface area contributed by atoms with Gasteiger partial charge in [0, 0.05) is 17.3 Å². The summed E-state index contributed by atoms with van der Waals surface area (Å²) in [5.41, 5.74) is 1.54. The molecule has 0 radical (unpaired) electrons. The van der Waals surface area contributed by atoms with E-state index in [1.165, 1.54) is 12.1 Å². The third-order valence-electron chi connectivity index (χ3n) is 1.92. The topological polar surface area (TPSA) is 12.9 Å². The minimum atomic E-state index is -0.266. The number of aromatic nitrogens is 1. The van der Waals surface area contributed by atoms with E-state index in [-0.39, 0.29) is 5.82 Å². The molecule has 0 saturated carbocycles. The number of benzene rings is 1. The first-order chi connectivity index (χ1) is 7.74. The second-order valence-electron chi connectivity index (χ2n) is 3.12. The largest absolute Gasteiger partial charge is 0.244 e. The van der Waals surface area contributed by atoms with E-state index in [0.717, 1.165) is 11.1 Å². The quantitative estimate of drug-likeness (QED) is 0.501. The molecule has 0 fully saturated rings. The van der Waals surface area contributed by atoms with Crippen LogP contribution in [0.15, 0.2) is 42.6 Å². The van der Waals surface area contributed by atoms with Crippen molar-refractivity contribution in [2.75, 3.05) is 0 Å².